The standard InChI is InChI=1S/C17H20NO/c1-14(2)12-15-8-10-18(11-9-15)13-17(19)16-6-4-3-5-7-16/h3-11,14H,12-13H2,1-2H3/q+1. The Hall–Kier alpha value is -1.96. The monoisotopic (exact) mass is 254 g/mol. The number of benzene rings is 1. The molecular formula is C17H20NO+. The van der Waals surface area contributed by atoms with Gasteiger partial charge in [0.1, 0.15) is 0 Å². The van der Waals surface area contributed by atoms with Crippen LogP contribution in [0.4, 0.5) is 0 Å². The van der Waals surface area contributed by atoms with Crippen molar-refractivity contribution >= 4 is 5.78 Å². The van der Waals surface area contributed by atoms with Crippen molar-refractivity contribution in [2.24, 2.45) is 5.92 Å². The number of nitrogens with zero attached hydrogens (tertiary/aromatic N) is 1. The second-order valence-corrected chi connectivity index (χ2v) is 5.27. The van der Waals surface area contributed by atoms with E-state index in [0.717, 1.165) is 12.0 Å². The normalized spacial score (nSPS) is 10.7. The first-order valence-electron chi connectivity index (χ1n) is 6.71. The molecule has 0 fully saturated rings. The van der Waals surface area contributed by atoms with Gasteiger partial charge in [0.25, 0.3) is 0 Å². The molecule has 0 spiro atoms. The van der Waals surface area contributed by atoms with Crippen LogP contribution < -0.4 is 4.57 Å². The second kappa shape index (κ2) is 6.28. The number of pyridine rings is 1. The highest BCUT2D eigenvalue weighted by atomic mass is 16.1. The van der Waals surface area contributed by atoms with Crippen molar-refractivity contribution in [3.05, 3.63) is 66.0 Å². The molecule has 0 N–H and O–H groups in total. The van der Waals surface area contributed by atoms with Crippen LogP contribution in [0, 0.1) is 5.92 Å². The highest BCUT2D eigenvalue weighted by Gasteiger charge is 2.11. The molecule has 0 unspecified atom stereocenters. The van der Waals surface area contributed by atoms with E-state index < -0.39 is 0 Å². The van der Waals surface area contributed by atoms with Gasteiger partial charge in [-0.05, 0) is 17.9 Å². The molecule has 2 heteroatoms. The lowest BCUT2D eigenvalue weighted by atomic mass is 10.0. The van der Waals surface area contributed by atoms with Crippen molar-refractivity contribution in [1.29, 1.82) is 0 Å². The van der Waals surface area contributed by atoms with E-state index in [4.69, 9.17) is 0 Å². The summed E-state index contributed by atoms with van der Waals surface area (Å²) in [5, 5.41) is 0. The molecule has 2 nitrogen and oxygen atoms in total. The number of carbonyl (C=O) groups is 1. The van der Waals surface area contributed by atoms with Gasteiger partial charge >= 0.3 is 0 Å². The Balaban J connectivity index is 2.02. The Morgan fingerprint density at radius 2 is 1.68 bits per heavy atom. The predicted molar refractivity (Wildman–Crippen MR) is 76.0 cm³/mol. The van der Waals surface area contributed by atoms with Crippen molar-refractivity contribution < 1.29 is 9.36 Å². The van der Waals surface area contributed by atoms with E-state index in [-0.39, 0.29) is 5.78 Å². The molecule has 0 radical (unpaired) electrons. The van der Waals surface area contributed by atoms with Crippen LogP contribution >= 0.6 is 0 Å². The first-order chi connectivity index (χ1) is 9.15. The van der Waals surface area contributed by atoms with Crippen LogP contribution in [0.15, 0.2) is 54.9 Å². The molecule has 1 aromatic carbocycles. The fourth-order valence-corrected chi connectivity index (χ4v) is 2.08. The fraction of sp³-hybridized carbons (Fsp3) is 0.294. The van der Waals surface area contributed by atoms with Gasteiger partial charge in [-0.2, -0.15) is 4.57 Å². The van der Waals surface area contributed by atoms with Crippen LogP contribution in [-0.2, 0) is 13.0 Å². The molecule has 0 aliphatic carbocycles. The Morgan fingerprint density at radius 3 is 2.26 bits per heavy atom. The van der Waals surface area contributed by atoms with Crippen molar-refractivity contribution in [2.75, 3.05) is 0 Å². The van der Waals surface area contributed by atoms with Crippen LogP contribution in [0.5, 0.6) is 0 Å². The van der Waals surface area contributed by atoms with E-state index in [0.29, 0.717) is 12.5 Å². The first kappa shape index (κ1) is 13.5. The predicted octanol–water partition coefficient (Wildman–Crippen LogP) is 3.06. The second-order valence-electron chi connectivity index (χ2n) is 5.27. The van der Waals surface area contributed by atoms with Gasteiger partial charge in [-0.3, -0.25) is 4.79 Å². The van der Waals surface area contributed by atoms with Gasteiger partial charge in [0, 0.05) is 17.7 Å². The van der Waals surface area contributed by atoms with Gasteiger partial charge in [0.2, 0.25) is 12.3 Å². The summed E-state index contributed by atoms with van der Waals surface area (Å²) < 4.78 is 1.93. The minimum atomic E-state index is 0.141. The number of hydrogen-bond donors (Lipinski definition) is 0. The maximum atomic E-state index is 12.1. The van der Waals surface area contributed by atoms with E-state index in [1.807, 2.05) is 47.3 Å². The number of rotatable bonds is 5. The minimum Gasteiger partial charge on any atom is -0.287 e. The third-order valence-corrected chi connectivity index (χ3v) is 3.03. The lowest BCUT2D eigenvalue weighted by Crippen LogP contribution is -2.37. The molecule has 0 saturated carbocycles. The topological polar surface area (TPSA) is 20.9 Å². The van der Waals surface area contributed by atoms with E-state index in [9.17, 15) is 4.79 Å². The number of ketones is 1. The van der Waals surface area contributed by atoms with Gasteiger partial charge in [-0.1, -0.05) is 44.2 Å². The molecule has 1 aromatic heterocycles. The summed E-state index contributed by atoms with van der Waals surface area (Å²) in [4.78, 5) is 12.1. The molecule has 1 heterocycles. The largest absolute Gasteiger partial charge is 0.287 e. The number of hydrogen-bond acceptors (Lipinski definition) is 1. The van der Waals surface area contributed by atoms with Gasteiger partial charge in [0.05, 0.1) is 0 Å². The molecule has 0 atom stereocenters. The van der Waals surface area contributed by atoms with Crippen molar-refractivity contribution in [2.45, 2.75) is 26.8 Å². The van der Waals surface area contributed by atoms with Crippen LogP contribution in [0.3, 0.4) is 0 Å². The molecule has 2 rings (SSSR count). The SMILES string of the molecule is CC(C)Cc1cc[n+](CC(=O)c2ccccc2)cc1. The molecule has 19 heavy (non-hydrogen) atoms. The number of aromatic nitrogens is 1. The smallest absolute Gasteiger partial charge is 0.227 e. The summed E-state index contributed by atoms with van der Waals surface area (Å²) in [6.45, 7) is 4.81. The average molecular weight is 254 g/mol. The molecule has 0 aliphatic heterocycles. The molecule has 0 amide bonds. The van der Waals surface area contributed by atoms with Crippen LogP contribution in [0.25, 0.3) is 0 Å². The van der Waals surface area contributed by atoms with Crippen LogP contribution in [-0.4, -0.2) is 5.78 Å². The Kier molecular flexibility index (Phi) is 4.45. The van der Waals surface area contributed by atoms with Crippen molar-refractivity contribution in [1.82, 2.24) is 0 Å². The summed E-state index contributed by atoms with van der Waals surface area (Å²) in [6.07, 6.45) is 5.05. The summed E-state index contributed by atoms with van der Waals surface area (Å²) in [7, 11) is 0. The van der Waals surface area contributed by atoms with E-state index in [1.165, 1.54) is 5.56 Å². The molecule has 0 bridgehead atoms. The van der Waals surface area contributed by atoms with Crippen molar-refractivity contribution in [3.63, 3.8) is 0 Å². The maximum absolute atomic E-state index is 12.1. The summed E-state index contributed by atoms with van der Waals surface area (Å²) in [6, 6.07) is 13.6. The van der Waals surface area contributed by atoms with Gasteiger partial charge < -0.3 is 0 Å². The highest BCUT2D eigenvalue weighted by molar-refractivity contribution is 5.94. The quantitative estimate of drug-likeness (QED) is 0.593. The molecule has 98 valence electrons. The highest BCUT2D eigenvalue weighted by Crippen LogP contribution is 2.05. The van der Waals surface area contributed by atoms with Gasteiger partial charge in [-0.25, -0.2) is 0 Å². The average Bonchev–Trinajstić information content (AvgIpc) is 2.41. The van der Waals surface area contributed by atoms with Crippen LogP contribution in [0.2, 0.25) is 0 Å². The number of Topliss-reactive ketones (excluding diaryl/α,β-unsaturated/α-hetero) is 1. The van der Waals surface area contributed by atoms with Crippen LogP contribution in [0.1, 0.15) is 29.8 Å². The van der Waals surface area contributed by atoms with Crippen molar-refractivity contribution in [3.8, 4) is 0 Å². The molecular weight excluding hydrogens is 234 g/mol. The molecule has 2 aromatic rings. The lowest BCUT2D eigenvalue weighted by Gasteiger charge is -2.03. The summed E-state index contributed by atoms with van der Waals surface area (Å²) in [5.74, 6) is 0.795. The zero-order valence-electron chi connectivity index (χ0n) is 11.5. The zero-order chi connectivity index (χ0) is 13.7. The minimum absolute atomic E-state index is 0.141. The lowest BCUT2D eigenvalue weighted by molar-refractivity contribution is -0.683. The van der Waals surface area contributed by atoms with Gasteiger partial charge in [0.15, 0.2) is 12.4 Å². The van der Waals surface area contributed by atoms with E-state index >= 15 is 0 Å². The fourth-order valence-electron chi connectivity index (χ4n) is 2.08. The summed E-state index contributed by atoms with van der Waals surface area (Å²) in [5.41, 5.74) is 2.08. The van der Waals surface area contributed by atoms with E-state index in [2.05, 4.69) is 26.0 Å². The van der Waals surface area contributed by atoms with E-state index in [1.54, 1.807) is 0 Å². The Labute approximate surface area is 114 Å². The molecule has 0 saturated heterocycles. The Morgan fingerprint density at radius 1 is 1.05 bits per heavy atom. The number of carbonyl (C=O) groups excluding carboxylic acids is 1. The third kappa shape index (κ3) is 4.02. The zero-order valence-corrected chi connectivity index (χ0v) is 11.5. The molecule has 0 aliphatic rings. The maximum Gasteiger partial charge on any atom is 0.227 e. The third-order valence-electron chi connectivity index (χ3n) is 3.03. The summed E-state index contributed by atoms with van der Waals surface area (Å²) >= 11 is 0. The van der Waals surface area contributed by atoms with Gasteiger partial charge in [-0.15, -0.1) is 0 Å². The first-order valence-corrected chi connectivity index (χ1v) is 6.71. The Bertz CT molecular complexity index is 529.